The van der Waals surface area contributed by atoms with Gasteiger partial charge in [0.05, 0.1) is 14.2 Å². The predicted octanol–water partition coefficient (Wildman–Crippen LogP) is 3.45. The van der Waals surface area contributed by atoms with Gasteiger partial charge in [-0.2, -0.15) is 0 Å². The third-order valence-corrected chi connectivity index (χ3v) is 4.25. The number of ether oxygens (including phenoxy) is 2. The lowest BCUT2D eigenvalue weighted by Gasteiger charge is -2.20. The second-order valence-electron chi connectivity index (χ2n) is 5.05. The minimum Gasteiger partial charge on any atom is -0.493 e. The van der Waals surface area contributed by atoms with E-state index in [0.29, 0.717) is 0 Å². The van der Waals surface area contributed by atoms with Crippen LogP contribution in [0.4, 0.5) is 0 Å². The summed E-state index contributed by atoms with van der Waals surface area (Å²) in [6, 6.07) is 8.19. The zero-order chi connectivity index (χ0) is 15.9. The fourth-order valence-corrected chi connectivity index (χ4v) is 2.97. The van der Waals surface area contributed by atoms with Crippen LogP contribution in [0.5, 0.6) is 11.5 Å². The smallest absolute Gasteiger partial charge is 0.161 e. The van der Waals surface area contributed by atoms with Gasteiger partial charge in [-0.05, 0) is 48.7 Å². The zero-order valence-corrected chi connectivity index (χ0v) is 14.3. The summed E-state index contributed by atoms with van der Waals surface area (Å²) in [5.41, 5.74) is 2.49. The first-order chi connectivity index (χ1) is 10.7. The van der Waals surface area contributed by atoms with Crippen molar-refractivity contribution in [2.75, 3.05) is 27.5 Å². The van der Waals surface area contributed by atoms with Gasteiger partial charge in [-0.15, -0.1) is 11.8 Å². The maximum atomic E-state index is 5.42. The number of hydrogen-bond donors (Lipinski definition) is 0. The summed E-state index contributed by atoms with van der Waals surface area (Å²) in [6.45, 7) is 1.73. The van der Waals surface area contributed by atoms with Crippen LogP contribution in [0.15, 0.2) is 41.6 Å². The topological polar surface area (TPSA) is 34.6 Å². The second-order valence-corrected chi connectivity index (χ2v) is 5.89. The largest absolute Gasteiger partial charge is 0.493 e. The summed E-state index contributed by atoms with van der Waals surface area (Å²) >= 11 is 1.72. The molecular weight excluding hydrogens is 296 g/mol. The molecule has 1 heterocycles. The summed E-state index contributed by atoms with van der Waals surface area (Å²) in [6.07, 6.45) is 5.73. The van der Waals surface area contributed by atoms with Gasteiger partial charge in [0, 0.05) is 30.4 Å². The maximum Gasteiger partial charge on any atom is 0.161 e. The molecule has 22 heavy (non-hydrogen) atoms. The van der Waals surface area contributed by atoms with E-state index >= 15 is 0 Å². The molecule has 0 radical (unpaired) electrons. The molecule has 1 aromatic carbocycles. The third-order valence-electron chi connectivity index (χ3n) is 3.43. The lowest BCUT2D eigenvalue weighted by molar-refractivity contribution is 0.313. The first-order valence-electron chi connectivity index (χ1n) is 7.04. The van der Waals surface area contributed by atoms with Crippen LogP contribution in [-0.2, 0) is 13.1 Å². The minimum absolute atomic E-state index is 0.771. The normalized spacial score (nSPS) is 10.8. The summed E-state index contributed by atoms with van der Waals surface area (Å²) in [4.78, 5) is 7.54. The van der Waals surface area contributed by atoms with E-state index in [4.69, 9.17) is 9.47 Å². The highest BCUT2D eigenvalue weighted by Crippen LogP contribution is 2.35. The molecule has 0 bridgehead atoms. The van der Waals surface area contributed by atoms with Gasteiger partial charge >= 0.3 is 0 Å². The van der Waals surface area contributed by atoms with Crippen molar-refractivity contribution in [2.24, 2.45) is 0 Å². The van der Waals surface area contributed by atoms with Gasteiger partial charge in [-0.3, -0.25) is 9.88 Å². The Kier molecular flexibility index (Phi) is 6.10. The minimum atomic E-state index is 0.771. The van der Waals surface area contributed by atoms with Crippen molar-refractivity contribution < 1.29 is 9.47 Å². The molecule has 2 aromatic rings. The first kappa shape index (κ1) is 16.6. The quantitative estimate of drug-likeness (QED) is 0.731. The second kappa shape index (κ2) is 8.06. The molecule has 0 unspecified atom stereocenters. The van der Waals surface area contributed by atoms with E-state index in [1.807, 2.05) is 30.6 Å². The Balaban J connectivity index is 2.17. The highest BCUT2D eigenvalue weighted by Gasteiger charge is 2.12. The average molecular weight is 318 g/mol. The SMILES string of the molecule is COc1cc(CN(C)Cc2ccncc2)c(SC)cc1OC. The molecule has 1 aromatic heterocycles. The number of nitrogens with zero attached hydrogens (tertiary/aromatic N) is 2. The van der Waals surface area contributed by atoms with E-state index in [1.165, 1.54) is 16.0 Å². The van der Waals surface area contributed by atoms with Crippen LogP contribution in [0.2, 0.25) is 0 Å². The van der Waals surface area contributed by atoms with Gasteiger partial charge in [0.15, 0.2) is 11.5 Å². The highest BCUT2D eigenvalue weighted by molar-refractivity contribution is 7.98. The molecule has 0 amide bonds. The van der Waals surface area contributed by atoms with Crippen LogP contribution in [0.25, 0.3) is 0 Å². The van der Waals surface area contributed by atoms with Gasteiger partial charge in [-0.25, -0.2) is 0 Å². The van der Waals surface area contributed by atoms with Gasteiger partial charge in [0.25, 0.3) is 0 Å². The van der Waals surface area contributed by atoms with Crippen molar-refractivity contribution in [3.8, 4) is 11.5 Å². The van der Waals surface area contributed by atoms with Crippen molar-refractivity contribution in [3.63, 3.8) is 0 Å². The monoisotopic (exact) mass is 318 g/mol. The third kappa shape index (κ3) is 4.15. The molecule has 0 aliphatic rings. The zero-order valence-electron chi connectivity index (χ0n) is 13.5. The molecular formula is C17H22N2O2S. The van der Waals surface area contributed by atoms with Crippen LogP contribution < -0.4 is 9.47 Å². The summed E-state index contributed by atoms with van der Waals surface area (Å²) in [5.74, 6) is 1.54. The Labute approximate surface area is 136 Å². The van der Waals surface area contributed by atoms with Crippen molar-refractivity contribution in [2.45, 2.75) is 18.0 Å². The van der Waals surface area contributed by atoms with E-state index < -0.39 is 0 Å². The van der Waals surface area contributed by atoms with E-state index in [0.717, 1.165) is 24.6 Å². The number of thioether (sulfide) groups is 1. The predicted molar refractivity (Wildman–Crippen MR) is 90.7 cm³/mol. The number of methoxy groups -OCH3 is 2. The van der Waals surface area contributed by atoms with Crippen LogP contribution in [0.1, 0.15) is 11.1 Å². The standard InChI is InChI=1S/C17H22N2O2S/c1-19(11-13-5-7-18-8-6-13)12-14-9-15(20-2)16(21-3)10-17(14)22-4/h5-10H,11-12H2,1-4H3. The van der Waals surface area contributed by atoms with Gasteiger partial charge in [-0.1, -0.05) is 0 Å². The molecule has 0 saturated carbocycles. The fraction of sp³-hybridized carbons (Fsp3) is 0.353. The van der Waals surface area contributed by atoms with Gasteiger partial charge in [0.1, 0.15) is 0 Å². The lowest BCUT2D eigenvalue weighted by Crippen LogP contribution is -2.17. The highest BCUT2D eigenvalue weighted by atomic mass is 32.2. The van der Waals surface area contributed by atoms with Gasteiger partial charge < -0.3 is 9.47 Å². The molecule has 0 N–H and O–H groups in total. The maximum absolute atomic E-state index is 5.42. The Morgan fingerprint density at radius 3 is 2.27 bits per heavy atom. The summed E-state index contributed by atoms with van der Waals surface area (Å²) in [5, 5.41) is 0. The number of pyridine rings is 1. The molecule has 2 rings (SSSR count). The van der Waals surface area contributed by atoms with Crippen molar-refractivity contribution in [1.29, 1.82) is 0 Å². The molecule has 5 heteroatoms. The Morgan fingerprint density at radius 2 is 1.68 bits per heavy atom. The molecule has 0 aliphatic heterocycles. The molecule has 118 valence electrons. The molecule has 0 aliphatic carbocycles. The van der Waals surface area contributed by atoms with Crippen molar-refractivity contribution in [3.05, 3.63) is 47.8 Å². The van der Waals surface area contributed by atoms with E-state index in [2.05, 4.69) is 29.3 Å². The summed E-state index contributed by atoms with van der Waals surface area (Å²) in [7, 11) is 5.44. The summed E-state index contributed by atoms with van der Waals surface area (Å²) < 4.78 is 10.8. The number of aromatic nitrogens is 1. The van der Waals surface area contributed by atoms with Crippen LogP contribution in [-0.4, -0.2) is 37.4 Å². The van der Waals surface area contributed by atoms with Crippen LogP contribution in [0, 0.1) is 0 Å². The molecule has 0 spiro atoms. The Morgan fingerprint density at radius 1 is 1.05 bits per heavy atom. The van der Waals surface area contributed by atoms with E-state index in [-0.39, 0.29) is 0 Å². The number of benzene rings is 1. The first-order valence-corrected chi connectivity index (χ1v) is 8.26. The van der Waals surface area contributed by atoms with Crippen molar-refractivity contribution >= 4 is 11.8 Å². The Bertz CT molecular complexity index is 605. The van der Waals surface area contributed by atoms with E-state index in [1.54, 1.807) is 26.0 Å². The van der Waals surface area contributed by atoms with E-state index in [9.17, 15) is 0 Å². The lowest BCUT2D eigenvalue weighted by atomic mass is 10.1. The van der Waals surface area contributed by atoms with Crippen molar-refractivity contribution in [1.82, 2.24) is 9.88 Å². The van der Waals surface area contributed by atoms with Crippen LogP contribution in [0.3, 0.4) is 0 Å². The molecule has 0 atom stereocenters. The molecule has 0 saturated heterocycles. The molecule has 4 nitrogen and oxygen atoms in total. The molecule has 0 fully saturated rings. The number of rotatable bonds is 7. The Hall–Kier alpha value is -1.72. The average Bonchev–Trinajstić information content (AvgIpc) is 2.55. The fourth-order valence-electron chi connectivity index (χ4n) is 2.36. The van der Waals surface area contributed by atoms with Crippen LogP contribution >= 0.6 is 11.8 Å². The number of hydrogen-bond acceptors (Lipinski definition) is 5. The van der Waals surface area contributed by atoms with Gasteiger partial charge in [0.2, 0.25) is 0 Å².